The van der Waals surface area contributed by atoms with Gasteiger partial charge in [-0.2, -0.15) is 0 Å². The number of nitrogens with two attached hydrogens (primary N) is 1. The Labute approximate surface area is 111 Å². The van der Waals surface area contributed by atoms with E-state index >= 15 is 0 Å². The highest BCUT2D eigenvalue weighted by molar-refractivity contribution is 5.68. The van der Waals surface area contributed by atoms with Crippen molar-refractivity contribution in [3.63, 3.8) is 0 Å². The van der Waals surface area contributed by atoms with E-state index in [9.17, 15) is 9.59 Å². The predicted octanol–water partition coefficient (Wildman–Crippen LogP) is 0.617. The van der Waals surface area contributed by atoms with Crippen LogP contribution in [0.2, 0.25) is 0 Å². The van der Waals surface area contributed by atoms with Crippen molar-refractivity contribution >= 4 is 12.3 Å². The molecule has 1 rings (SSSR count). The van der Waals surface area contributed by atoms with Crippen LogP contribution in [0.3, 0.4) is 0 Å². The van der Waals surface area contributed by atoms with Crippen molar-refractivity contribution in [2.45, 2.75) is 19.4 Å². The molecule has 6 heteroatoms. The average Bonchev–Trinajstić information content (AvgIpc) is 2.38. The molecule has 0 bridgehead atoms. The van der Waals surface area contributed by atoms with Crippen molar-refractivity contribution in [3.05, 3.63) is 23.8 Å². The summed E-state index contributed by atoms with van der Waals surface area (Å²) in [6, 6.07) is 4.47. The zero-order chi connectivity index (χ0) is 14.3. The normalized spacial score (nSPS) is 11.7. The zero-order valence-electron chi connectivity index (χ0n) is 10.7. The van der Waals surface area contributed by atoms with Crippen LogP contribution in [0.15, 0.2) is 18.2 Å². The standard InChI is InChI=1S/C13H17NO5/c1-2-18-12-6-9(5-10(14)7-15)3-4-11(12)19-8-13(16)17/h3-4,6-7,10H,2,5,8,14H2,1H3,(H,16,17). The molecule has 0 heterocycles. The number of aldehydes is 1. The van der Waals surface area contributed by atoms with Crippen LogP contribution in [0.25, 0.3) is 0 Å². The molecule has 0 aliphatic heterocycles. The van der Waals surface area contributed by atoms with Crippen molar-refractivity contribution in [2.75, 3.05) is 13.2 Å². The van der Waals surface area contributed by atoms with E-state index in [1.165, 1.54) is 0 Å². The van der Waals surface area contributed by atoms with Gasteiger partial charge in [-0.05, 0) is 31.0 Å². The first-order valence-corrected chi connectivity index (χ1v) is 5.88. The van der Waals surface area contributed by atoms with E-state index < -0.39 is 18.6 Å². The third-order valence-electron chi connectivity index (χ3n) is 2.31. The van der Waals surface area contributed by atoms with Gasteiger partial charge in [0.05, 0.1) is 12.6 Å². The summed E-state index contributed by atoms with van der Waals surface area (Å²) >= 11 is 0. The van der Waals surface area contributed by atoms with Gasteiger partial charge >= 0.3 is 5.97 Å². The number of carboxylic acid groups (broad SMARTS) is 1. The van der Waals surface area contributed by atoms with Crippen molar-refractivity contribution in [1.29, 1.82) is 0 Å². The maximum atomic E-state index is 10.5. The Morgan fingerprint density at radius 2 is 2.16 bits per heavy atom. The first kappa shape index (κ1) is 15.0. The molecule has 0 aromatic heterocycles. The number of benzene rings is 1. The topological polar surface area (TPSA) is 98.9 Å². The number of rotatable bonds is 8. The van der Waals surface area contributed by atoms with Crippen molar-refractivity contribution in [3.8, 4) is 11.5 Å². The highest BCUT2D eigenvalue weighted by atomic mass is 16.5. The molecule has 6 nitrogen and oxygen atoms in total. The van der Waals surface area contributed by atoms with Gasteiger partial charge in [0.2, 0.25) is 0 Å². The van der Waals surface area contributed by atoms with Crippen LogP contribution in [0.4, 0.5) is 0 Å². The van der Waals surface area contributed by atoms with Crippen LogP contribution in [0.1, 0.15) is 12.5 Å². The van der Waals surface area contributed by atoms with Crippen LogP contribution < -0.4 is 15.2 Å². The highest BCUT2D eigenvalue weighted by Gasteiger charge is 2.10. The number of carbonyl (C=O) groups excluding carboxylic acids is 1. The fourth-order valence-corrected chi connectivity index (χ4v) is 1.53. The SMILES string of the molecule is CCOc1cc(CC(N)C=O)ccc1OCC(=O)O. The quantitative estimate of drug-likeness (QED) is 0.670. The van der Waals surface area contributed by atoms with Gasteiger partial charge in [-0.15, -0.1) is 0 Å². The zero-order valence-corrected chi connectivity index (χ0v) is 10.7. The first-order valence-electron chi connectivity index (χ1n) is 5.88. The van der Waals surface area contributed by atoms with Crippen molar-refractivity contribution in [1.82, 2.24) is 0 Å². The molecule has 1 aromatic carbocycles. The van der Waals surface area contributed by atoms with Gasteiger partial charge in [0.1, 0.15) is 6.29 Å². The fraction of sp³-hybridized carbons (Fsp3) is 0.385. The second-order valence-electron chi connectivity index (χ2n) is 3.90. The summed E-state index contributed by atoms with van der Waals surface area (Å²) < 4.78 is 10.5. The number of hydrogen-bond acceptors (Lipinski definition) is 5. The first-order chi connectivity index (χ1) is 9.06. The van der Waals surface area contributed by atoms with Crippen molar-refractivity contribution in [2.24, 2.45) is 5.73 Å². The second kappa shape index (κ2) is 7.38. The molecule has 3 N–H and O–H groups in total. The van der Waals surface area contributed by atoms with E-state index in [1.807, 2.05) is 6.92 Å². The number of ether oxygens (including phenoxy) is 2. The van der Waals surface area contributed by atoms with E-state index in [1.54, 1.807) is 18.2 Å². The lowest BCUT2D eigenvalue weighted by molar-refractivity contribution is -0.139. The average molecular weight is 267 g/mol. The Balaban J connectivity index is 2.86. The van der Waals surface area contributed by atoms with E-state index in [0.29, 0.717) is 30.8 Å². The van der Waals surface area contributed by atoms with Gasteiger partial charge in [-0.1, -0.05) is 6.07 Å². The predicted molar refractivity (Wildman–Crippen MR) is 68.5 cm³/mol. The lowest BCUT2D eigenvalue weighted by Crippen LogP contribution is -2.24. The van der Waals surface area contributed by atoms with Crippen LogP contribution >= 0.6 is 0 Å². The van der Waals surface area contributed by atoms with Crippen LogP contribution in [-0.4, -0.2) is 36.6 Å². The van der Waals surface area contributed by atoms with Crippen molar-refractivity contribution < 1.29 is 24.2 Å². The third-order valence-corrected chi connectivity index (χ3v) is 2.31. The maximum absolute atomic E-state index is 10.5. The summed E-state index contributed by atoms with van der Waals surface area (Å²) in [6.07, 6.45) is 1.07. The molecule has 0 saturated carbocycles. The molecule has 0 aliphatic rings. The van der Waals surface area contributed by atoms with Gasteiger partial charge in [-0.3, -0.25) is 0 Å². The smallest absolute Gasteiger partial charge is 0.341 e. The molecule has 0 saturated heterocycles. The minimum atomic E-state index is -1.06. The summed E-state index contributed by atoms with van der Waals surface area (Å²) in [5.74, 6) is -0.262. The lowest BCUT2D eigenvalue weighted by atomic mass is 10.1. The molecule has 0 fully saturated rings. The Hall–Kier alpha value is -2.08. The molecule has 0 radical (unpaired) electrons. The Morgan fingerprint density at radius 1 is 1.42 bits per heavy atom. The summed E-state index contributed by atoms with van der Waals surface area (Å²) in [5.41, 5.74) is 6.37. The summed E-state index contributed by atoms with van der Waals surface area (Å²) in [7, 11) is 0. The van der Waals surface area contributed by atoms with E-state index in [-0.39, 0.29) is 0 Å². The van der Waals surface area contributed by atoms with Gasteiger partial charge in [0.25, 0.3) is 0 Å². The van der Waals surface area contributed by atoms with Crippen LogP contribution in [0, 0.1) is 0 Å². The highest BCUT2D eigenvalue weighted by Crippen LogP contribution is 2.28. The molecular formula is C13H17NO5. The number of carbonyl (C=O) groups is 2. The number of aliphatic carboxylic acids is 1. The molecule has 1 unspecified atom stereocenters. The van der Waals surface area contributed by atoms with Gasteiger partial charge < -0.3 is 25.1 Å². The fourth-order valence-electron chi connectivity index (χ4n) is 1.53. The second-order valence-corrected chi connectivity index (χ2v) is 3.90. The molecular weight excluding hydrogens is 250 g/mol. The number of hydrogen-bond donors (Lipinski definition) is 2. The molecule has 19 heavy (non-hydrogen) atoms. The van der Waals surface area contributed by atoms with E-state index in [2.05, 4.69) is 0 Å². The largest absolute Gasteiger partial charge is 0.490 e. The summed E-state index contributed by atoms with van der Waals surface area (Å²) in [4.78, 5) is 21.0. The molecule has 1 atom stereocenters. The Morgan fingerprint density at radius 3 is 2.74 bits per heavy atom. The van der Waals surface area contributed by atoms with Crippen LogP contribution in [-0.2, 0) is 16.0 Å². The molecule has 0 amide bonds. The number of carboxylic acids is 1. The summed E-state index contributed by atoms with van der Waals surface area (Å²) in [5, 5.41) is 8.58. The third kappa shape index (κ3) is 4.97. The van der Waals surface area contributed by atoms with Gasteiger partial charge in [0.15, 0.2) is 18.1 Å². The summed E-state index contributed by atoms with van der Waals surface area (Å²) in [6.45, 7) is 1.80. The minimum Gasteiger partial charge on any atom is -0.490 e. The minimum absolute atomic E-state index is 0.354. The van der Waals surface area contributed by atoms with E-state index in [0.717, 1.165) is 5.56 Å². The van der Waals surface area contributed by atoms with Gasteiger partial charge in [0, 0.05) is 0 Å². The molecule has 1 aromatic rings. The van der Waals surface area contributed by atoms with Gasteiger partial charge in [-0.25, -0.2) is 4.79 Å². The Bertz CT molecular complexity index is 447. The molecule has 0 aliphatic carbocycles. The van der Waals surface area contributed by atoms with E-state index in [4.69, 9.17) is 20.3 Å². The lowest BCUT2D eigenvalue weighted by Gasteiger charge is -2.13. The maximum Gasteiger partial charge on any atom is 0.341 e. The Kier molecular flexibility index (Phi) is 5.81. The molecule has 104 valence electrons. The van der Waals surface area contributed by atoms with Crippen LogP contribution in [0.5, 0.6) is 11.5 Å². The monoisotopic (exact) mass is 267 g/mol. The molecule has 0 spiro atoms.